The highest BCUT2D eigenvalue weighted by Crippen LogP contribution is 2.42. The summed E-state index contributed by atoms with van der Waals surface area (Å²) in [5.41, 5.74) is 1.85. The van der Waals surface area contributed by atoms with Gasteiger partial charge >= 0.3 is 0 Å². The van der Waals surface area contributed by atoms with Crippen molar-refractivity contribution in [3.8, 4) is 45.3 Å². The fraction of sp³-hybridized carbons (Fsp3) is 0. The Balaban J connectivity index is 1.44. The molecule has 4 nitrogen and oxygen atoms in total. The molecule has 45 heavy (non-hydrogen) atoms. The van der Waals surface area contributed by atoms with Crippen molar-refractivity contribution in [3.05, 3.63) is 151 Å². The zero-order valence-electron chi connectivity index (χ0n) is 31.6. The van der Waals surface area contributed by atoms with Crippen molar-refractivity contribution in [2.45, 2.75) is 0 Å². The molecule has 0 unspecified atom stereocenters. The average molecular weight is 584 g/mol. The largest absolute Gasteiger partial charge is 0.456 e. The molecule has 0 bridgehead atoms. The first-order valence-corrected chi connectivity index (χ1v) is 14.4. The Morgan fingerprint density at radius 3 is 1.80 bits per heavy atom. The van der Waals surface area contributed by atoms with Gasteiger partial charge in [0.25, 0.3) is 0 Å². The molecule has 4 heteroatoms. The Morgan fingerprint density at radius 1 is 0.444 bits per heavy atom. The third-order valence-corrected chi connectivity index (χ3v) is 7.87. The Hall–Kier alpha value is -6.13. The van der Waals surface area contributed by atoms with Gasteiger partial charge in [-0.1, -0.05) is 127 Å². The monoisotopic (exact) mass is 583 g/mol. The molecule has 0 fully saturated rings. The lowest BCUT2D eigenvalue weighted by atomic mass is 9.92. The van der Waals surface area contributed by atoms with Gasteiger partial charge in [0.05, 0.1) is 11.0 Å². The molecule has 0 N–H and O–H groups in total. The van der Waals surface area contributed by atoms with Crippen molar-refractivity contribution in [2.24, 2.45) is 0 Å². The number of nitrogens with zero attached hydrogens (tertiary/aromatic N) is 3. The second-order valence-electron chi connectivity index (χ2n) is 10.6. The van der Waals surface area contributed by atoms with Crippen LogP contribution in [0, 0.1) is 0 Å². The molecule has 210 valence electrons. The highest BCUT2D eigenvalue weighted by molar-refractivity contribution is 6.23. The Labute approximate surface area is 270 Å². The van der Waals surface area contributed by atoms with Crippen LogP contribution in [-0.2, 0) is 0 Å². The fourth-order valence-electron chi connectivity index (χ4n) is 5.78. The minimum atomic E-state index is -0.493. The summed E-state index contributed by atoms with van der Waals surface area (Å²) in [4.78, 5) is 14.2. The number of benzene rings is 7. The van der Waals surface area contributed by atoms with Gasteiger partial charge in [0, 0.05) is 27.5 Å². The lowest BCUT2D eigenvalue weighted by Gasteiger charge is -2.11. The van der Waals surface area contributed by atoms with Gasteiger partial charge < -0.3 is 4.42 Å². The van der Waals surface area contributed by atoms with Gasteiger partial charge in [-0.25, -0.2) is 15.0 Å². The molecule has 0 aliphatic carbocycles. The number of furan rings is 1. The number of rotatable bonds is 4. The first kappa shape index (κ1) is 18.5. The third kappa shape index (κ3) is 4.27. The van der Waals surface area contributed by atoms with Crippen LogP contribution >= 0.6 is 0 Å². The van der Waals surface area contributed by atoms with Gasteiger partial charge in [0.2, 0.25) is 0 Å². The van der Waals surface area contributed by atoms with Crippen LogP contribution in [0.2, 0.25) is 0 Å². The van der Waals surface area contributed by atoms with E-state index in [2.05, 4.69) is 0 Å². The zero-order chi connectivity index (χ0) is 36.7. The van der Waals surface area contributed by atoms with E-state index in [1.807, 2.05) is 97.1 Å². The predicted molar refractivity (Wildman–Crippen MR) is 184 cm³/mol. The first-order chi connectivity index (χ1) is 25.7. The maximum absolute atomic E-state index is 9.64. The van der Waals surface area contributed by atoms with Crippen molar-refractivity contribution in [3.63, 3.8) is 0 Å². The molecule has 0 atom stereocenters. The van der Waals surface area contributed by atoms with Gasteiger partial charge in [0.1, 0.15) is 11.2 Å². The number of hydrogen-bond acceptors (Lipinski definition) is 4. The van der Waals surface area contributed by atoms with Gasteiger partial charge in [-0.2, -0.15) is 0 Å². The summed E-state index contributed by atoms with van der Waals surface area (Å²) < 4.78 is 79.4. The van der Waals surface area contributed by atoms with E-state index in [4.69, 9.17) is 24.9 Å². The van der Waals surface area contributed by atoms with E-state index in [0.29, 0.717) is 28.3 Å². The van der Waals surface area contributed by atoms with Crippen molar-refractivity contribution in [2.75, 3.05) is 0 Å². The van der Waals surface area contributed by atoms with E-state index in [1.165, 1.54) is 0 Å². The summed E-state index contributed by atoms with van der Waals surface area (Å²) in [6.45, 7) is 0. The highest BCUT2D eigenvalue weighted by Gasteiger charge is 2.18. The lowest BCUT2D eigenvalue weighted by Crippen LogP contribution is -2.00. The normalized spacial score (nSPS) is 14.0. The molecule has 9 rings (SSSR count). The van der Waals surface area contributed by atoms with Crippen LogP contribution < -0.4 is 0 Å². The van der Waals surface area contributed by atoms with Gasteiger partial charge in [-0.3, -0.25) is 0 Å². The Bertz CT molecular complexity index is 2920. The summed E-state index contributed by atoms with van der Waals surface area (Å²) in [6.07, 6.45) is 0. The fourth-order valence-corrected chi connectivity index (χ4v) is 5.78. The molecule has 0 saturated carbocycles. The predicted octanol–water partition coefficient (Wildman–Crippen LogP) is 10.7. The van der Waals surface area contributed by atoms with Crippen molar-refractivity contribution in [1.29, 1.82) is 0 Å². The van der Waals surface area contributed by atoms with Gasteiger partial charge in [0.15, 0.2) is 17.5 Å². The average Bonchev–Trinajstić information content (AvgIpc) is 3.60. The summed E-state index contributed by atoms with van der Waals surface area (Å²) in [7, 11) is 0. The zero-order valence-corrected chi connectivity index (χ0v) is 23.6. The third-order valence-electron chi connectivity index (χ3n) is 7.87. The SMILES string of the molecule is [2H]c1c(-c2nc(-c3ccccc3)nc(-c3ccccc3)n2)c([2H])c2c(oc3c([2H])c(-c4cccc5ccccc45)c4c([2H])c([2H])c([2H])c([2H])c4c32)c1[2H]. The molecule has 0 saturated heterocycles. The van der Waals surface area contributed by atoms with E-state index in [1.54, 1.807) is 6.07 Å². The van der Waals surface area contributed by atoms with Crippen molar-refractivity contribution >= 4 is 43.5 Å². The van der Waals surface area contributed by atoms with Crippen LogP contribution in [0.4, 0.5) is 0 Å². The molecular weight excluding hydrogens is 550 g/mol. The Morgan fingerprint density at radius 2 is 1.07 bits per heavy atom. The quantitative estimate of drug-likeness (QED) is 0.207. The molecule has 0 aliphatic rings. The van der Waals surface area contributed by atoms with E-state index in [9.17, 15) is 5.48 Å². The van der Waals surface area contributed by atoms with Crippen LogP contribution in [0.25, 0.3) is 88.8 Å². The summed E-state index contributed by atoms with van der Waals surface area (Å²) in [5.74, 6) is 0.566. The molecular formula is C41H25N3O. The van der Waals surface area contributed by atoms with E-state index >= 15 is 0 Å². The van der Waals surface area contributed by atoms with Crippen molar-refractivity contribution < 1.29 is 15.4 Å². The summed E-state index contributed by atoms with van der Waals surface area (Å²) in [6, 6.07) is 28.6. The molecule has 0 aliphatic heterocycles. The number of aromatic nitrogens is 3. The summed E-state index contributed by atoms with van der Waals surface area (Å²) in [5, 5.41) is 1.88. The maximum Gasteiger partial charge on any atom is 0.164 e. The number of hydrogen-bond donors (Lipinski definition) is 0. The highest BCUT2D eigenvalue weighted by atomic mass is 16.3. The molecule has 7 aromatic carbocycles. The molecule has 2 aromatic heterocycles. The number of fused-ring (bicyclic) bond motifs is 6. The summed E-state index contributed by atoms with van der Waals surface area (Å²) >= 11 is 0. The minimum Gasteiger partial charge on any atom is -0.456 e. The first-order valence-electron chi connectivity index (χ1n) is 18.4. The van der Waals surface area contributed by atoms with E-state index in [-0.39, 0.29) is 85.9 Å². The molecule has 0 radical (unpaired) electrons. The van der Waals surface area contributed by atoms with Gasteiger partial charge in [-0.05, 0) is 56.8 Å². The molecule has 9 aromatic rings. The second-order valence-corrected chi connectivity index (χ2v) is 10.6. The van der Waals surface area contributed by atoms with Crippen LogP contribution in [0.1, 0.15) is 11.0 Å². The van der Waals surface area contributed by atoms with Crippen molar-refractivity contribution in [1.82, 2.24) is 15.0 Å². The van der Waals surface area contributed by atoms with Gasteiger partial charge in [-0.15, -0.1) is 0 Å². The minimum absolute atomic E-state index is 0.0203. The van der Waals surface area contributed by atoms with Crippen LogP contribution in [0.5, 0.6) is 0 Å². The Kier molecular flexibility index (Phi) is 4.22. The topological polar surface area (TPSA) is 51.8 Å². The second kappa shape index (κ2) is 10.2. The van der Waals surface area contributed by atoms with Crippen LogP contribution in [-0.4, -0.2) is 15.0 Å². The molecule has 2 heterocycles. The van der Waals surface area contributed by atoms with E-state index < -0.39 is 12.1 Å². The standard InChI is InChI=1S/C41H25N3O/c1-3-13-27(14-4-1)39-42-40(28-15-5-2-6-16-28)44-41(43-39)29-22-23-36-35(24-29)38-33-20-10-9-19-32(33)34(25-37(38)45-36)31-21-11-17-26-12-7-8-18-30(26)31/h1-25H/i9D,10D,19D,20D,22D,23D,24D,25D. The maximum atomic E-state index is 9.64. The van der Waals surface area contributed by atoms with E-state index in [0.717, 1.165) is 10.8 Å². The smallest absolute Gasteiger partial charge is 0.164 e. The van der Waals surface area contributed by atoms with Crippen LogP contribution in [0.3, 0.4) is 0 Å². The molecule has 0 spiro atoms. The lowest BCUT2D eigenvalue weighted by molar-refractivity contribution is 0.669. The molecule has 0 amide bonds. The van der Waals surface area contributed by atoms with Crippen LogP contribution in [0.15, 0.2) is 156 Å².